The molecule has 142 valence electrons. The number of rotatable bonds is 5. The van der Waals surface area contributed by atoms with Crippen LogP contribution in [0, 0.1) is 6.92 Å². The van der Waals surface area contributed by atoms with Crippen LogP contribution in [-0.2, 0) is 18.3 Å². The van der Waals surface area contributed by atoms with Gasteiger partial charge in [0.25, 0.3) is 0 Å². The number of aryl methyl sites for hydroxylation is 2. The van der Waals surface area contributed by atoms with Crippen LogP contribution in [-0.4, -0.2) is 58.1 Å². The van der Waals surface area contributed by atoms with Crippen LogP contribution in [0.1, 0.15) is 43.4 Å². The molecule has 6 heteroatoms. The summed E-state index contributed by atoms with van der Waals surface area (Å²) in [7, 11) is 1.95. The SMILES string of the molecule is Cc1nn(C)c2ncc(CNCC3(N4CCCCC4)CCOCC3)cc12. The maximum Gasteiger partial charge on any atom is 0.157 e. The molecule has 0 spiro atoms. The Labute approximate surface area is 155 Å². The van der Waals surface area contributed by atoms with Gasteiger partial charge in [-0.05, 0) is 57.3 Å². The van der Waals surface area contributed by atoms with Crippen LogP contribution >= 0.6 is 0 Å². The van der Waals surface area contributed by atoms with E-state index in [0.29, 0.717) is 0 Å². The molecule has 0 aliphatic carbocycles. The van der Waals surface area contributed by atoms with Crippen molar-refractivity contribution in [2.24, 2.45) is 7.05 Å². The number of piperidine rings is 1. The smallest absolute Gasteiger partial charge is 0.157 e. The summed E-state index contributed by atoms with van der Waals surface area (Å²) >= 11 is 0. The van der Waals surface area contributed by atoms with Crippen molar-refractivity contribution >= 4 is 11.0 Å². The molecular formula is C20H31N5O. The van der Waals surface area contributed by atoms with Crippen LogP contribution in [0.15, 0.2) is 12.3 Å². The van der Waals surface area contributed by atoms with Gasteiger partial charge in [0, 0.05) is 50.5 Å². The Bertz CT molecular complexity index is 744. The molecular weight excluding hydrogens is 326 g/mol. The highest BCUT2D eigenvalue weighted by Crippen LogP contribution is 2.30. The van der Waals surface area contributed by atoms with Gasteiger partial charge in [0.2, 0.25) is 0 Å². The topological polar surface area (TPSA) is 55.2 Å². The summed E-state index contributed by atoms with van der Waals surface area (Å²) in [5, 5.41) is 9.36. The molecule has 2 fully saturated rings. The number of aromatic nitrogens is 3. The first-order valence-corrected chi connectivity index (χ1v) is 10.00. The molecule has 0 radical (unpaired) electrons. The predicted octanol–water partition coefficient (Wildman–Crippen LogP) is 2.40. The maximum absolute atomic E-state index is 5.67. The Morgan fingerprint density at radius 2 is 1.96 bits per heavy atom. The molecule has 2 aliphatic heterocycles. The quantitative estimate of drug-likeness (QED) is 0.890. The Morgan fingerprint density at radius 3 is 2.73 bits per heavy atom. The van der Waals surface area contributed by atoms with E-state index >= 15 is 0 Å². The fourth-order valence-electron chi connectivity index (χ4n) is 4.61. The maximum atomic E-state index is 5.67. The predicted molar refractivity (Wildman–Crippen MR) is 103 cm³/mol. The first-order chi connectivity index (χ1) is 12.7. The molecule has 26 heavy (non-hydrogen) atoms. The van der Waals surface area contributed by atoms with E-state index in [1.165, 1.54) is 37.9 Å². The van der Waals surface area contributed by atoms with Gasteiger partial charge in [-0.25, -0.2) is 4.98 Å². The van der Waals surface area contributed by atoms with Crippen LogP contribution in [0.25, 0.3) is 11.0 Å². The van der Waals surface area contributed by atoms with Crippen molar-refractivity contribution in [3.05, 3.63) is 23.5 Å². The number of hydrogen-bond donors (Lipinski definition) is 1. The summed E-state index contributed by atoms with van der Waals surface area (Å²) in [6, 6.07) is 2.23. The molecule has 0 atom stereocenters. The van der Waals surface area contributed by atoms with E-state index in [9.17, 15) is 0 Å². The highest BCUT2D eigenvalue weighted by atomic mass is 16.5. The summed E-state index contributed by atoms with van der Waals surface area (Å²) in [5.41, 5.74) is 3.50. The molecule has 0 unspecified atom stereocenters. The van der Waals surface area contributed by atoms with Crippen LogP contribution in [0.3, 0.4) is 0 Å². The molecule has 1 N–H and O–H groups in total. The van der Waals surface area contributed by atoms with Crippen LogP contribution in [0.5, 0.6) is 0 Å². The van der Waals surface area contributed by atoms with Crippen molar-refractivity contribution < 1.29 is 4.74 Å². The van der Waals surface area contributed by atoms with E-state index in [2.05, 4.69) is 33.3 Å². The van der Waals surface area contributed by atoms with Crippen molar-refractivity contribution in [2.75, 3.05) is 32.8 Å². The molecule has 6 nitrogen and oxygen atoms in total. The Morgan fingerprint density at radius 1 is 1.19 bits per heavy atom. The van der Waals surface area contributed by atoms with E-state index in [-0.39, 0.29) is 5.54 Å². The number of likely N-dealkylation sites (tertiary alicyclic amines) is 1. The molecule has 4 rings (SSSR count). The zero-order valence-electron chi connectivity index (χ0n) is 16.1. The third-order valence-corrected chi connectivity index (χ3v) is 6.15. The molecule has 0 aromatic carbocycles. The summed E-state index contributed by atoms with van der Waals surface area (Å²) < 4.78 is 7.53. The second kappa shape index (κ2) is 7.62. The van der Waals surface area contributed by atoms with Gasteiger partial charge in [-0.2, -0.15) is 5.10 Å². The molecule has 2 aromatic heterocycles. The second-order valence-corrected chi connectivity index (χ2v) is 7.91. The standard InChI is InChI=1S/C20H31N5O/c1-16-18-12-17(14-22-19(18)24(2)23-16)13-21-15-20(6-10-26-11-7-20)25-8-4-3-5-9-25/h12,14,21H,3-11,13,15H2,1-2H3. The van der Waals surface area contributed by atoms with Crippen molar-refractivity contribution in [1.82, 2.24) is 25.0 Å². The molecule has 2 aliphatic rings. The zero-order valence-corrected chi connectivity index (χ0v) is 16.1. The van der Waals surface area contributed by atoms with E-state index in [0.717, 1.165) is 55.9 Å². The van der Waals surface area contributed by atoms with Crippen LogP contribution in [0.4, 0.5) is 0 Å². The lowest BCUT2D eigenvalue weighted by molar-refractivity contribution is -0.0358. The second-order valence-electron chi connectivity index (χ2n) is 7.91. The number of hydrogen-bond acceptors (Lipinski definition) is 5. The highest BCUT2D eigenvalue weighted by molar-refractivity contribution is 5.78. The monoisotopic (exact) mass is 357 g/mol. The summed E-state index contributed by atoms with van der Waals surface area (Å²) in [6.45, 7) is 8.19. The molecule has 0 saturated carbocycles. The van der Waals surface area contributed by atoms with Crippen molar-refractivity contribution in [1.29, 1.82) is 0 Å². The van der Waals surface area contributed by atoms with Gasteiger partial charge < -0.3 is 10.1 Å². The largest absolute Gasteiger partial charge is 0.381 e. The van der Waals surface area contributed by atoms with Crippen LogP contribution < -0.4 is 5.32 Å². The fraction of sp³-hybridized carbons (Fsp3) is 0.700. The number of ether oxygens (including phenoxy) is 1. The van der Waals surface area contributed by atoms with Crippen molar-refractivity contribution in [3.63, 3.8) is 0 Å². The van der Waals surface area contributed by atoms with Gasteiger partial charge in [0.15, 0.2) is 5.65 Å². The normalized spacial score (nSPS) is 21.3. The number of fused-ring (bicyclic) bond motifs is 1. The molecule has 2 saturated heterocycles. The zero-order chi connectivity index (χ0) is 18.0. The summed E-state index contributed by atoms with van der Waals surface area (Å²) in [5.74, 6) is 0. The Kier molecular flexibility index (Phi) is 5.25. The fourth-order valence-corrected chi connectivity index (χ4v) is 4.61. The van der Waals surface area contributed by atoms with Gasteiger partial charge in [-0.1, -0.05) is 6.42 Å². The van der Waals surface area contributed by atoms with Gasteiger partial charge in [0.05, 0.1) is 5.69 Å². The number of pyridine rings is 1. The van der Waals surface area contributed by atoms with Gasteiger partial charge in [0.1, 0.15) is 0 Å². The molecule has 2 aromatic rings. The average molecular weight is 358 g/mol. The Balaban J connectivity index is 1.43. The number of nitrogens with zero attached hydrogens (tertiary/aromatic N) is 4. The molecule has 0 bridgehead atoms. The van der Waals surface area contributed by atoms with Crippen molar-refractivity contribution in [3.8, 4) is 0 Å². The van der Waals surface area contributed by atoms with Gasteiger partial charge in [-0.3, -0.25) is 9.58 Å². The minimum atomic E-state index is 0.264. The van der Waals surface area contributed by atoms with E-state index in [1.54, 1.807) is 0 Å². The van der Waals surface area contributed by atoms with Crippen LogP contribution in [0.2, 0.25) is 0 Å². The lowest BCUT2D eigenvalue weighted by Gasteiger charge is -2.48. The lowest BCUT2D eigenvalue weighted by Crippen LogP contribution is -2.59. The third kappa shape index (κ3) is 3.50. The van der Waals surface area contributed by atoms with E-state index < -0.39 is 0 Å². The summed E-state index contributed by atoms with van der Waals surface area (Å²) in [6.07, 6.45) is 8.31. The lowest BCUT2D eigenvalue weighted by atomic mass is 9.86. The molecule has 4 heterocycles. The Hall–Kier alpha value is -1.50. The van der Waals surface area contributed by atoms with Gasteiger partial charge >= 0.3 is 0 Å². The first kappa shape index (κ1) is 17.9. The first-order valence-electron chi connectivity index (χ1n) is 10.00. The number of nitrogens with one attached hydrogen (secondary N) is 1. The van der Waals surface area contributed by atoms with E-state index in [4.69, 9.17) is 4.74 Å². The van der Waals surface area contributed by atoms with E-state index in [1.807, 2.05) is 17.9 Å². The minimum absolute atomic E-state index is 0.264. The third-order valence-electron chi connectivity index (χ3n) is 6.15. The minimum Gasteiger partial charge on any atom is -0.381 e. The van der Waals surface area contributed by atoms with Crippen molar-refractivity contribution in [2.45, 2.75) is 51.1 Å². The summed E-state index contributed by atoms with van der Waals surface area (Å²) in [4.78, 5) is 7.34. The highest BCUT2D eigenvalue weighted by Gasteiger charge is 2.38. The molecule has 0 amide bonds. The van der Waals surface area contributed by atoms with Gasteiger partial charge in [-0.15, -0.1) is 0 Å². The average Bonchev–Trinajstić information content (AvgIpc) is 2.97.